The maximum absolute atomic E-state index is 11.9. The van der Waals surface area contributed by atoms with Crippen molar-refractivity contribution in [3.63, 3.8) is 0 Å². The van der Waals surface area contributed by atoms with Crippen molar-refractivity contribution < 1.29 is 4.79 Å². The van der Waals surface area contributed by atoms with Crippen LogP contribution in [0.2, 0.25) is 0 Å². The van der Waals surface area contributed by atoms with Crippen molar-refractivity contribution in [1.82, 2.24) is 14.8 Å². The van der Waals surface area contributed by atoms with Crippen LogP contribution in [0.5, 0.6) is 0 Å². The number of carbonyl (C=O) groups excluding carboxylic acids is 1. The largest absolute Gasteiger partial charge is 0.296 e. The topological polar surface area (TPSA) is 59.8 Å². The molecule has 2 aromatic rings. The van der Waals surface area contributed by atoms with Crippen molar-refractivity contribution in [3.8, 4) is 0 Å². The van der Waals surface area contributed by atoms with Crippen molar-refractivity contribution in [2.75, 3.05) is 5.32 Å². The first-order valence-corrected chi connectivity index (χ1v) is 5.62. The van der Waals surface area contributed by atoms with E-state index in [1.165, 1.54) is 11.3 Å². The quantitative estimate of drug-likeness (QED) is 0.864. The number of carbonyl (C=O) groups is 1. The van der Waals surface area contributed by atoms with Crippen LogP contribution in [0.4, 0.5) is 5.13 Å². The van der Waals surface area contributed by atoms with E-state index in [0.29, 0.717) is 10.8 Å². The average molecular weight is 236 g/mol. The van der Waals surface area contributed by atoms with Crippen molar-refractivity contribution in [3.05, 3.63) is 28.5 Å². The van der Waals surface area contributed by atoms with Gasteiger partial charge in [0.1, 0.15) is 5.69 Å². The second-order valence-corrected chi connectivity index (χ2v) is 4.76. The zero-order valence-corrected chi connectivity index (χ0v) is 10.1. The minimum absolute atomic E-state index is 0.183. The molecule has 84 valence electrons. The number of hydrogen-bond donors (Lipinski definition) is 1. The maximum Gasteiger partial charge on any atom is 0.275 e. The van der Waals surface area contributed by atoms with Gasteiger partial charge in [-0.15, -0.1) is 11.3 Å². The van der Waals surface area contributed by atoms with Crippen molar-refractivity contribution in [1.29, 1.82) is 0 Å². The van der Waals surface area contributed by atoms with Crippen molar-refractivity contribution in [2.45, 2.75) is 13.8 Å². The van der Waals surface area contributed by atoms with Gasteiger partial charge in [-0.05, 0) is 19.9 Å². The average Bonchev–Trinajstić information content (AvgIpc) is 2.73. The summed E-state index contributed by atoms with van der Waals surface area (Å²) in [4.78, 5) is 17.0. The lowest BCUT2D eigenvalue weighted by Crippen LogP contribution is -2.15. The zero-order valence-electron chi connectivity index (χ0n) is 9.31. The third-order valence-corrected chi connectivity index (χ3v) is 2.90. The molecule has 5 nitrogen and oxygen atoms in total. The van der Waals surface area contributed by atoms with Crippen LogP contribution < -0.4 is 5.32 Å². The molecule has 0 aliphatic rings. The number of hydrogen-bond acceptors (Lipinski definition) is 4. The molecule has 0 atom stereocenters. The van der Waals surface area contributed by atoms with Crippen molar-refractivity contribution in [2.24, 2.45) is 7.05 Å². The van der Waals surface area contributed by atoms with E-state index < -0.39 is 0 Å². The highest BCUT2D eigenvalue weighted by molar-refractivity contribution is 7.15. The maximum atomic E-state index is 11.9. The number of anilines is 1. The normalized spacial score (nSPS) is 10.4. The van der Waals surface area contributed by atoms with E-state index in [-0.39, 0.29) is 5.91 Å². The van der Waals surface area contributed by atoms with Crippen LogP contribution in [0.3, 0.4) is 0 Å². The molecule has 0 fully saturated rings. The van der Waals surface area contributed by atoms with Crippen LogP contribution >= 0.6 is 11.3 Å². The lowest BCUT2D eigenvalue weighted by Gasteiger charge is -2.00. The molecule has 0 bridgehead atoms. The first-order valence-electron chi connectivity index (χ1n) is 4.80. The van der Waals surface area contributed by atoms with E-state index in [4.69, 9.17) is 0 Å². The van der Waals surface area contributed by atoms with Crippen molar-refractivity contribution >= 4 is 22.4 Å². The lowest BCUT2D eigenvalue weighted by atomic mass is 10.3. The van der Waals surface area contributed by atoms with E-state index in [1.807, 2.05) is 13.8 Å². The fourth-order valence-corrected chi connectivity index (χ4v) is 2.06. The van der Waals surface area contributed by atoms with E-state index in [1.54, 1.807) is 24.0 Å². The van der Waals surface area contributed by atoms with Crippen LogP contribution in [0.1, 0.15) is 21.1 Å². The molecule has 0 radical (unpaired) electrons. The summed E-state index contributed by atoms with van der Waals surface area (Å²) in [6, 6.07) is 1.75. The second kappa shape index (κ2) is 4.05. The summed E-state index contributed by atoms with van der Waals surface area (Å²) < 4.78 is 1.56. The fraction of sp³-hybridized carbons (Fsp3) is 0.300. The molecule has 6 heteroatoms. The van der Waals surface area contributed by atoms with Gasteiger partial charge in [-0.3, -0.25) is 14.8 Å². The number of aryl methyl sites for hydroxylation is 3. The summed E-state index contributed by atoms with van der Waals surface area (Å²) in [7, 11) is 1.75. The number of nitrogens with zero attached hydrogens (tertiary/aromatic N) is 3. The Morgan fingerprint density at radius 3 is 2.75 bits per heavy atom. The Balaban J connectivity index is 2.17. The molecule has 0 aliphatic carbocycles. The van der Waals surface area contributed by atoms with Gasteiger partial charge in [0.25, 0.3) is 5.91 Å². The molecule has 1 amide bonds. The minimum atomic E-state index is -0.183. The van der Waals surface area contributed by atoms with Crippen LogP contribution in [0.15, 0.2) is 12.3 Å². The molecule has 2 rings (SSSR count). The van der Waals surface area contributed by atoms with E-state index >= 15 is 0 Å². The molecule has 2 aromatic heterocycles. The molecule has 0 unspecified atom stereocenters. The Labute approximate surface area is 97.1 Å². The van der Waals surface area contributed by atoms with Gasteiger partial charge < -0.3 is 0 Å². The lowest BCUT2D eigenvalue weighted by molar-refractivity contribution is 0.101. The zero-order chi connectivity index (χ0) is 11.7. The Morgan fingerprint density at radius 1 is 1.50 bits per heavy atom. The van der Waals surface area contributed by atoms with Gasteiger partial charge in [0.2, 0.25) is 0 Å². The summed E-state index contributed by atoms with van der Waals surface area (Å²) in [5.41, 5.74) is 1.35. The van der Waals surface area contributed by atoms with Gasteiger partial charge in [0, 0.05) is 18.1 Å². The molecule has 16 heavy (non-hydrogen) atoms. The molecule has 1 N–H and O–H groups in total. The van der Waals surface area contributed by atoms with Crippen LogP contribution in [-0.2, 0) is 7.05 Å². The standard InChI is InChI=1S/C10H12N4OS/c1-6-4-8(14(3)13-6)9(15)12-10-11-5-7(2)16-10/h4-5H,1-3H3,(H,11,12,15). The predicted molar refractivity (Wildman–Crippen MR) is 62.7 cm³/mol. The summed E-state index contributed by atoms with van der Waals surface area (Å²) in [5, 5.41) is 7.47. The van der Waals surface area contributed by atoms with E-state index in [9.17, 15) is 4.79 Å². The second-order valence-electron chi connectivity index (χ2n) is 3.52. The fourth-order valence-electron chi connectivity index (χ4n) is 1.40. The number of amides is 1. The molecule has 0 spiro atoms. The molecule has 0 saturated heterocycles. The number of thiazole rings is 1. The van der Waals surface area contributed by atoms with Gasteiger partial charge in [-0.25, -0.2) is 4.98 Å². The van der Waals surface area contributed by atoms with Gasteiger partial charge in [-0.1, -0.05) is 0 Å². The summed E-state index contributed by atoms with van der Waals surface area (Å²) in [6.45, 7) is 3.80. The highest BCUT2D eigenvalue weighted by Gasteiger charge is 2.13. The molecular formula is C10H12N4OS. The monoisotopic (exact) mass is 236 g/mol. The summed E-state index contributed by atoms with van der Waals surface area (Å²) in [5.74, 6) is -0.183. The van der Waals surface area contributed by atoms with Gasteiger partial charge in [0.15, 0.2) is 5.13 Å². The Morgan fingerprint density at radius 2 is 2.25 bits per heavy atom. The van der Waals surface area contributed by atoms with E-state index in [2.05, 4.69) is 15.4 Å². The number of rotatable bonds is 2. The Hall–Kier alpha value is -1.69. The Bertz CT molecular complexity index is 529. The third kappa shape index (κ3) is 2.11. The molecule has 0 saturated carbocycles. The first kappa shape index (κ1) is 10.8. The minimum Gasteiger partial charge on any atom is -0.296 e. The molecule has 2 heterocycles. The summed E-state index contributed by atoms with van der Waals surface area (Å²) in [6.07, 6.45) is 1.73. The number of nitrogens with one attached hydrogen (secondary N) is 1. The molecular weight excluding hydrogens is 224 g/mol. The van der Waals surface area contributed by atoms with Crippen LogP contribution in [0.25, 0.3) is 0 Å². The summed E-state index contributed by atoms with van der Waals surface area (Å²) >= 11 is 1.45. The SMILES string of the molecule is Cc1cc(C(=O)Nc2ncc(C)s2)n(C)n1. The smallest absolute Gasteiger partial charge is 0.275 e. The van der Waals surface area contributed by atoms with Crippen LogP contribution in [0, 0.1) is 13.8 Å². The first-order chi connectivity index (χ1) is 7.56. The Kier molecular flexibility index (Phi) is 2.74. The molecule has 0 aliphatic heterocycles. The predicted octanol–water partition coefficient (Wildman–Crippen LogP) is 1.75. The van der Waals surface area contributed by atoms with Crippen LogP contribution in [-0.4, -0.2) is 20.7 Å². The highest BCUT2D eigenvalue weighted by atomic mass is 32.1. The van der Waals surface area contributed by atoms with Gasteiger partial charge >= 0.3 is 0 Å². The van der Waals surface area contributed by atoms with E-state index in [0.717, 1.165) is 10.6 Å². The van der Waals surface area contributed by atoms with Gasteiger partial charge in [0.05, 0.1) is 5.69 Å². The third-order valence-electron chi connectivity index (χ3n) is 2.08. The highest BCUT2D eigenvalue weighted by Crippen LogP contribution is 2.17. The molecule has 0 aromatic carbocycles. The van der Waals surface area contributed by atoms with Gasteiger partial charge in [-0.2, -0.15) is 5.10 Å². The number of aromatic nitrogens is 3.